The Hall–Kier alpha value is 0.0500. The number of hydrogen-bond acceptors (Lipinski definition) is 1. The molecular weight excluding hydrogens is 175 g/mol. The summed E-state index contributed by atoms with van der Waals surface area (Å²) in [6.07, 6.45) is 0.443. The second-order valence-corrected chi connectivity index (χ2v) is 4.02. The summed E-state index contributed by atoms with van der Waals surface area (Å²) >= 11 is 11.2. The van der Waals surface area contributed by atoms with Crippen LogP contribution in [0.4, 0.5) is 0 Å². The van der Waals surface area contributed by atoms with Gasteiger partial charge in [0.2, 0.25) is 0 Å². The van der Waals surface area contributed by atoms with Crippen LogP contribution >= 0.6 is 23.2 Å². The fourth-order valence-corrected chi connectivity index (χ4v) is 1.25. The van der Waals surface area contributed by atoms with Gasteiger partial charge in [-0.05, 0) is 13.3 Å². The molecule has 1 unspecified atom stereocenters. The van der Waals surface area contributed by atoms with Crippen molar-refractivity contribution in [2.24, 2.45) is 5.92 Å². The van der Waals surface area contributed by atoms with Gasteiger partial charge in [0.05, 0.1) is 5.92 Å². The van der Waals surface area contributed by atoms with E-state index in [9.17, 15) is 4.79 Å². The van der Waals surface area contributed by atoms with E-state index in [4.69, 9.17) is 28.3 Å². The fourth-order valence-electron chi connectivity index (χ4n) is 0.750. The lowest BCUT2D eigenvalue weighted by molar-refractivity contribution is -0.142. The first-order valence-corrected chi connectivity index (χ1v) is 3.75. The average Bonchev–Trinajstić information content (AvgIpc) is 1.60. The van der Waals surface area contributed by atoms with Crippen LogP contribution in [-0.2, 0) is 4.79 Å². The summed E-state index contributed by atoms with van der Waals surface area (Å²) in [5.41, 5.74) is 0. The van der Waals surface area contributed by atoms with Crippen molar-refractivity contribution in [3.05, 3.63) is 0 Å². The molecular formula is C6H10Cl2O2. The van der Waals surface area contributed by atoms with Crippen molar-refractivity contribution in [2.45, 2.75) is 24.6 Å². The fraction of sp³-hybridized carbons (Fsp3) is 0.833. The number of carboxylic acid groups (broad SMARTS) is 1. The van der Waals surface area contributed by atoms with E-state index in [1.165, 1.54) is 6.92 Å². The van der Waals surface area contributed by atoms with E-state index < -0.39 is 16.2 Å². The summed E-state index contributed by atoms with van der Waals surface area (Å²) in [6, 6.07) is 0. The Bertz CT molecular complexity index is 128. The van der Waals surface area contributed by atoms with E-state index in [0.717, 1.165) is 0 Å². The standard InChI is InChI=1S/C6H10Cl2O2/c1-3-4(5(9)10)6(2,7)8/h4H,3H2,1-2H3,(H,9,10). The molecule has 0 fully saturated rings. The van der Waals surface area contributed by atoms with E-state index in [-0.39, 0.29) is 0 Å². The molecule has 0 aliphatic rings. The van der Waals surface area contributed by atoms with E-state index >= 15 is 0 Å². The van der Waals surface area contributed by atoms with Gasteiger partial charge in [-0.1, -0.05) is 6.92 Å². The molecule has 0 heterocycles. The molecule has 0 aliphatic carbocycles. The minimum atomic E-state index is -1.17. The number of carboxylic acids is 1. The monoisotopic (exact) mass is 184 g/mol. The molecule has 0 spiro atoms. The SMILES string of the molecule is CCC(C(=O)O)C(C)(Cl)Cl. The highest BCUT2D eigenvalue weighted by Gasteiger charge is 2.33. The molecule has 0 bridgehead atoms. The molecule has 60 valence electrons. The number of carbonyl (C=O) groups is 1. The molecule has 0 radical (unpaired) electrons. The van der Waals surface area contributed by atoms with Crippen molar-refractivity contribution in [1.29, 1.82) is 0 Å². The van der Waals surface area contributed by atoms with E-state index in [2.05, 4.69) is 0 Å². The maximum Gasteiger partial charge on any atom is 0.309 e. The lowest BCUT2D eigenvalue weighted by atomic mass is 10.0. The zero-order valence-electron chi connectivity index (χ0n) is 5.90. The minimum Gasteiger partial charge on any atom is -0.481 e. The van der Waals surface area contributed by atoms with Gasteiger partial charge in [-0.3, -0.25) is 4.79 Å². The highest BCUT2D eigenvalue weighted by atomic mass is 35.5. The molecule has 0 amide bonds. The molecule has 2 nitrogen and oxygen atoms in total. The summed E-state index contributed by atoms with van der Waals surface area (Å²) in [7, 11) is 0. The first-order chi connectivity index (χ1) is 4.39. The van der Waals surface area contributed by atoms with Crippen LogP contribution in [0.5, 0.6) is 0 Å². The number of aliphatic carboxylic acids is 1. The molecule has 1 atom stereocenters. The molecule has 0 aromatic heterocycles. The Balaban J connectivity index is 4.22. The van der Waals surface area contributed by atoms with Gasteiger partial charge in [0.1, 0.15) is 4.33 Å². The molecule has 0 saturated carbocycles. The predicted molar refractivity (Wildman–Crippen MR) is 41.5 cm³/mol. The zero-order valence-corrected chi connectivity index (χ0v) is 7.41. The van der Waals surface area contributed by atoms with Gasteiger partial charge in [-0.2, -0.15) is 0 Å². The summed E-state index contributed by atoms with van der Waals surface area (Å²) in [6.45, 7) is 3.22. The van der Waals surface area contributed by atoms with Crippen LogP contribution < -0.4 is 0 Å². The van der Waals surface area contributed by atoms with E-state index in [1.807, 2.05) is 0 Å². The number of halogens is 2. The molecule has 0 aromatic carbocycles. The van der Waals surface area contributed by atoms with Crippen LogP contribution in [0.3, 0.4) is 0 Å². The van der Waals surface area contributed by atoms with E-state index in [0.29, 0.717) is 6.42 Å². The molecule has 1 N–H and O–H groups in total. The van der Waals surface area contributed by atoms with Crippen molar-refractivity contribution < 1.29 is 9.90 Å². The topological polar surface area (TPSA) is 37.3 Å². The maximum atomic E-state index is 10.4. The van der Waals surface area contributed by atoms with Crippen molar-refractivity contribution >= 4 is 29.2 Å². The number of rotatable bonds is 3. The van der Waals surface area contributed by atoms with Crippen molar-refractivity contribution in [3.8, 4) is 0 Å². The summed E-state index contributed by atoms with van der Waals surface area (Å²) < 4.78 is -1.17. The third kappa shape index (κ3) is 2.76. The molecule has 0 aliphatic heterocycles. The van der Waals surface area contributed by atoms with Crippen LogP contribution in [0, 0.1) is 5.92 Å². The van der Waals surface area contributed by atoms with Crippen LogP contribution in [0.2, 0.25) is 0 Å². The van der Waals surface area contributed by atoms with Crippen LogP contribution in [0.15, 0.2) is 0 Å². The van der Waals surface area contributed by atoms with Crippen LogP contribution in [-0.4, -0.2) is 15.4 Å². The first kappa shape index (κ1) is 10.0. The van der Waals surface area contributed by atoms with Crippen molar-refractivity contribution in [3.63, 3.8) is 0 Å². The molecule has 0 rings (SSSR count). The number of alkyl halides is 2. The van der Waals surface area contributed by atoms with Crippen molar-refractivity contribution in [2.75, 3.05) is 0 Å². The van der Waals surface area contributed by atoms with Gasteiger partial charge in [-0.15, -0.1) is 23.2 Å². The molecule has 4 heteroatoms. The van der Waals surface area contributed by atoms with Gasteiger partial charge in [0, 0.05) is 0 Å². The van der Waals surface area contributed by atoms with Crippen LogP contribution in [0.25, 0.3) is 0 Å². The average molecular weight is 185 g/mol. The smallest absolute Gasteiger partial charge is 0.309 e. The predicted octanol–water partition coefficient (Wildman–Crippen LogP) is 2.29. The lowest BCUT2D eigenvalue weighted by Gasteiger charge is -2.20. The highest BCUT2D eigenvalue weighted by molar-refractivity contribution is 6.49. The summed E-state index contributed by atoms with van der Waals surface area (Å²) in [4.78, 5) is 10.4. The Morgan fingerprint density at radius 2 is 2.10 bits per heavy atom. The number of hydrogen-bond donors (Lipinski definition) is 1. The molecule has 0 aromatic rings. The summed E-state index contributed by atoms with van der Waals surface area (Å²) in [5.74, 6) is -1.63. The third-order valence-electron chi connectivity index (χ3n) is 1.32. The Morgan fingerprint density at radius 3 is 2.10 bits per heavy atom. The van der Waals surface area contributed by atoms with Crippen LogP contribution in [0.1, 0.15) is 20.3 Å². The molecule has 10 heavy (non-hydrogen) atoms. The Labute approximate surface area is 70.1 Å². The lowest BCUT2D eigenvalue weighted by Crippen LogP contribution is -2.28. The first-order valence-electron chi connectivity index (χ1n) is 3.00. The second-order valence-electron chi connectivity index (χ2n) is 2.26. The van der Waals surface area contributed by atoms with Gasteiger partial charge in [0.25, 0.3) is 0 Å². The highest BCUT2D eigenvalue weighted by Crippen LogP contribution is 2.31. The zero-order chi connectivity index (χ0) is 8.36. The Morgan fingerprint density at radius 1 is 1.70 bits per heavy atom. The third-order valence-corrected chi connectivity index (χ3v) is 1.85. The largest absolute Gasteiger partial charge is 0.481 e. The van der Waals surface area contributed by atoms with E-state index in [1.54, 1.807) is 6.92 Å². The quantitative estimate of drug-likeness (QED) is 0.684. The minimum absolute atomic E-state index is 0.443. The molecule has 0 saturated heterocycles. The van der Waals surface area contributed by atoms with Gasteiger partial charge >= 0.3 is 5.97 Å². The normalized spacial score (nSPS) is 14.8. The van der Waals surface area contributed by atoms with Gasteiger partial charge in [0.15, 0.2) is 0 Å². The van der Waals surface area contributed by atoms with Gasteiger partial charge < -0.3 is 5.11 Å². The summed E-state index contributed by atoms with van der Waals surface area (Å²) in [5, 5.41) is 8.54. The van der Waals surface area contributed by atoms with Crippen molar-refractivity contribution in [1.82, 2.24) is 0 Å². The van der Waals surface area contributed by atoms with Gasteiger partial charge in [-0.25, -0.2) is 0 Å². The maximum absolute atomic E-state index is 10.4. The Kier molecular flexibility index (Phi) is 3.46. The second kappa shape index (κ2) is 3.44.